The Morgan fingerprint density at radius 2 is 2.31 bits per heavy atom. The molecular weight excluding hydrogens is 227 g/mol. The van der Waals surface area contributed by atoms with Gasteiger partial charge in [-0.1, -0.05) is 0 Å². The van der Waals surface area contributed by atoms with E-state index in [-0.39, 0.29) is 6.61 Å². The van der Waals surface area contributed by atoms with E-state index < -0.39 is 5.83 Å². The van der Waals surface area contributed by atoms with E-state index in [1.165, 1.54) is 17.7 Å². The molecule has 2 aromatic rings. The van der Waals surface area contributed by atoms with Gasteiger partial charge in [0.05, 0.1) is 22.1 Å². The van der Waals surface area contributed by atoms with Gasteiger partial charge in [-0.15, -0.1) is 11.3 Å². The Morgan fingerprint density at radius 3 is 3.00 bits per heavy atom. The molecule has 82 valence electrons. The lowest BCUT2D eigenvalue weighted by Gasteiger charge is -1.93. The van der Waals surface area contributed by atoms with Crippen molar-refractivity contribution >= 4 is 17.2 Å². The zero-order valence-corrected chi connectivity index (χ0v) is 9.12. The van der Waals surface area contributed by atoms with E-state index in [0.717, 1.165) is 16.6 Å². The summed E-state index contributed by atoms with van der Waals surface area (Å²) in [6, 6.07) is 5.24. The van der Waals surface area contributed by atoms with E-state index >= 15 is 0 Å². The molecule has 0 saturated carbocycles. The van der Waals surface area contributed by atoms with Crippen LogP contribution in [0.4, 0.5) is 4.39 Å². The molecule has 0 aromatic carbocycles. The molecule has 16 heavy (non-hydrogen) atoms. The van der Waals surface area contributed by atoms with Gasteiger partial charge in [0.15, 0.2) is 0 Å². The molecule has 2 rings (SSSR count). The lowest BCUT2D eigenvalue weighted by Crippen LogP contribution is -1.79. The predicted molar refractivity (Wildman–Crippen MR) is 61.5 cm³/mol. The lowest BCUT2D eigenvalue weighted by molar-refractivity contribution is 0.342. The van der Waals surface area contributed by atoms with Gasteiger partial charge in [-0.05, 0) is 24.3 Å². The van der Waals surface area contributed by atoms with Crippen molar-refractivity contribution in [1.82, 2.24) is 9.97 Å². The van der Waals surface area contributed by atoms with Crippen LogP contribution in [0.3, 0.4) is 0 Å². The van der Waals surface area contributed by atoms with E-state index in [1.54, 1.807) is 24.4 Å². The Kier molecular flexibility index (Phi) is 3.38. The molecule has 0 fully saturated rings. The molecule has 0 aliphatic heterocycles. The Hall–Kier alpha value is -1.59. The number of halogens is 1. The highest BCUT2D eigenvalue weighted by Gasteiger charge is 2.06. The molecule has 0 bridgehead atoms. The first-order chi connectivity index (χ1) is 7.81. The van der Waals surface area contributed by atoms with Crippen molar-refractivity contribution in [3.8, 4) is 10.6 Å². The highest BCUT2D eigenvalue weighted by atomic mass is 32.1. The second-order valence-electron chi connectivity index (χ2n) is 2.99. The average Bonchev–Trinajstić information content (AvgIpc) is 2.80. The molecular formula is C11H9FN2OS. The Balaban J connectivity index is 2.30. The second-order valence-corrected chi connectivity index (χ2v) is 4.08. The van der Waals surface area contributed by atoms with Crippen molar-refractivity contribution in [3.63, 3.8) is 0 Å². The van der Waals surface area contributed by atoms with Crippen LogP contribution in [0.5, 0.6) is 0 Å². The Morgan fingerprint density at radius 1 is 1.44 bits per heavy atom. The molecule has 0 spiro atoms. The number of hydrogen-bond acceptors (Lipinski definition) is 4. The molecule has 0 aliphatic carbocycles. The molecule has 0 saturated heterocycles. The molecule has 5 heteroatoms. The lowest BCUT2D eigenvalue weighted by atomic mass is 10.3. The van der Waals surface area contributed by atoms with Crippen molar-refractivity contribution in [2.45, 2.75) is 0 Å². The summed E-state index contributed by atoms with van der Waals surface area (Å²) in [5, 5.41) is 8.59. The molecule has 2 heterocycles. The summed E-state index contributed by atoms with van der Waals surface area (Å²) >= 11 is 1.29. The zero-order valence-electron chi connectivity index (χ0n) is 8.30. The van der Waals surface area contributed by atoms with Crippen molar-refractivity contribution in [1.29, 1.82) is 0 Å². The molecule has 2 aromatic heterocycles. The molecule has 0 aliphatic rings. The summed E-state index contributed by atoms with van der Waals surface area (Å²) in [5.74, 6) is -0.409. The molecule has 1 N–H and O–H groups in total. The first-order valence-corrected chi connectivity index (χ1v) is 5.46. The van der Waals surface area contributed by atoms with E-state index in [1.807, 2.05) is 0 Å². The van der Waals surface area contributed by atoms with Crippen LogP contribution in [0.2, 0.25) is 0 Å². The van der Waals surface area contributed by atoms with Crippen molar-refractivity contribution in [3.05, 3.63) is 41.7 Å². The van der Waals surface area contributed by atoms with Gasteiger partial charge in [0, 0.05) is 6.20 Å². The van der Waals surface area contributed by atoms with Gasteiger partial charge >= 0.3 is 0 Å². The minimum atomic E-state index is -0.409. The van der Waals surface area contributed by atoms with Crippen LogP contribution >= 0.6 is 11.3 Å². The van der Waals surface area contributed by atoms with Gasteiger partial charge in [-0.2, -0.15) is 0 Å². The highest BCUT2D eigenvalue weighted by molar-refractivity contribution is 7.16. The largest absolute Gasteiger partial charge is 0.392 e. The molecule has 0 unspecified atom stereocenters. The summed E-state index contributed by atoms with van der Waals surface area (Å²) in [6.07, 6.45) is 4.23. The van der Waals surface area contributed by atoms with Crippen LogP contribution in [0.15, 0.2) is 36.8 Å². The topological polar surface area (TPSA) is 46.0 Å². The Labute approximate surface area is 95.9 Å². The normalized spacial score (nSPS) is 11.8. The van der Waals surface area contributed by atoms with Crippen LogP contribution < -0.4 is 0 Å². The third-order valence-electron chi connectivity index (χ3n) is 1.95. The van der Waals surface area contributed by atoms with E-state index in [4.69, 9.17) is 5.11 Å². The third kappa shape index (κ3) is 2.32. The SMILES string of the molecule is OC/C=C(\F)c1ccc(-c2ccncn2)s1. The first kappa shape index (κ1) is 10.9. The number of thiophene rings is 1. The fraction of sp³-hybridized carbons (Fsp3) is 0.0909. The summed E-state index contributed by atoms with van der Waals surface area (Å²) in [7, 11) is 0. The number of nitrogens with zero attached hydrogens (tertiary/aromatic N) is 2. The van der Waals surface area contributed by atoms with Crippen molar-refractivity contribution < 1.29 is 9.50 Å². The van der Waals surface area contributed by atoms with Crippen LogP contribution in [-0.4, -0.2) is 21.7 Å². The molecule has 0 amide bonds. The fourth-order valence-corrected chi connectivity index (χ4v) is 2.14. The van der Waals surface area contributed by atoms with Crippen LogP contribution in [0, 0.1) is 0 Å². The number of hydrogen-bond donors (Lipinski definition) is 1. The highest BCUT2D eigenvalue weighted by Crippen LogP contribution is 2.30. The van der Waals surface area contributed by atoms with Gasteiger partial charge in [0.2, 0.25) is 0 Å². The van der Waals surface area contributed by atoms with E-state index in [0.29, 0.717) is 4.88 Å². The number of rotatable bonds is 3. The zero-order chi connectivity index (χ0) is 11.4. The van der Waals surface area contributed by atoms with E-state index in [9.17, 15) is 4.39 Å². The summed E-state index contributed by atoms with van der Waals surface area (Å²) in [5.41, 5.74) is 0.767. The van der Waals surface area contributed by atoms with Crippen molar-refractivity contribution in [2.75, 3.05) is 6.61 Å². The first-order valence-electron chi connectivity index (χ1n) is 4.64. The third-order valence-corrected chi connectivity index (χ3v) is 3.06. The fourth-order valence-electron chi connectivity index (χ4n) is 1.22. The van der Waals surface area contributed by atoms with Gasteiger partial charge in [-0.25, -0.2) is 14.4 Å². The quantitative estimate of drug-likeness (QED) is 0.890. The smallest absolute Gasteiger partial charge is 0.138 e. The van der Waals surface area contributed by atoms with Gasteiger partial charge in [0.25, 0.3) is 0 Å². The minimum absolute atomic E-state index is 0.299. The number of aliphatic hydroxyl groups is 1. The van der Waals surface area contributed by atoms with Crippen LogP contribution in [0.25, 0.3) is 16.4 Å². The Bertz CT molecular complexity index is 496. The number of aromatic nitrogens is 2. The van der Waals surface area contributed by atoms with Gasteiger partial charge < -0.3 is 5.11 Å². The van der Waals surface area contributed by atoms with Gasteiger partial charge in [0.1, 0.15) is 12.2 Å². The standard InChI is InChI=1S/C11H9FN2OS/c12-8(4-6-15)10-1-2-11(16-10)9-3-5-13-7-14-9/h1-5,7,15H,6H2/b8-4-. The summed E-state index contributed by atoms with van der Waals surface area (Å²) < 4.78 is 13.3. The maximum atomic E-state index is 13.3. The minimum Gasteiger partial charge on any atom is -0.392 e. The molecule has 0 atom stereocenters. The molecule has 0 radical (unpaired) electrons. The average molecular weight is 236 g/mol. The number of aliphatic hydroxyl groups excluding tert-OH is 1. The maximum Gasteiger partial charge on any atom is 0.138 e. The van der Waals surface area contributed by atoms with E-state index in [2.05, 4.69) is 9.97 Å². The van der Waals surface area contributed by atoms with Crippen molar-refractivity contribution in [2.24, 2.45) is 0 Å². The maximum absolute atomic E-state index is 13.3. The second kappa shape index (κ2) is 4.96. The molecule has 3 nitrogen and oxygen atoms in total. The van der Waals surface area contributed by atoms with Crippen LogP contribution in [0.1, 0.15) is 4.88 Å². The monoisotopic (exact) mass is 236 g/mol. The summed E-state index contributed by atoms with van der Waals surface area (Å²) in [6.45, 7) is -0.299. The van der Waals surface area contributed by atoms with Crippen LogP contribution in [-0.2, 0) is 0 Å². The summed E-state index contributed by atoms with van der Waals surface area (Å²) in [4.78, 5) is 9.26. The predicted octanol–water partition coefficient (Wildman–Crippen LogP) is 2.51. The van der Waals surface area contributed by atoms with Gasteiger partial charge in [-0.3, -0.25) is 0 Å².